The molecule has 44 heavy (non-hydrogen) atoms. The second kappa shape index (κ2) is 12.8. The lowest BCUT2D eigenvalue weighted by molar-refractivity contribution is -0.207. The van der Waals surface area contributed by atoms with Crippen LogP contribution in [0.2, 0.25) is 0 Å². The summed E-state index contributed by atoms with van der Waals surface area (Å²) in [5, 5.41) is 0. The first-order valence-corrected chi connectivity index (χ1v) is 18.3. The Bertz CT molecular complexity index is 1160. The predicted octanol–water partition coefficient (Wildman–Crippen LogP) is 10.3. The molecule has 4 aliphatic rings. The molecule has 0 saturated heterocycles. The largest absolute Gasteiger partial charge is 0.487 e. The van der Waals surface area contributed by atoms with E-state index in [0.717, 1.165) is 35.5 Å². The molecule has 0 heterocycles. The SMILES string of the molecule is CC(C)CCCC(C)C1CC[C@@]2(C)C3CCC4C(C)(C)C(OC/C=C/COc5ccc(N)cc5N)CCC4(C)C3CCC12C. The molecule has 1 aromatic carbocycles. The lowest BCUT2D eigenvalue weighted by Gasteiger charge is -2.67. The maximum absolute atomic E-state index is 6.63. The van der Waals surface area contributed by atoms with E-state index in [-0.39, 0.29) is 5.41 Å². The van der Waals surface area contributed by atoms with Crippen molar-refractivity contribution in [1.82, 2.24) is 0 Å². The first-order chi connectivity index (χ1) is 20.7. The second-order valence-corrected chi connectivity index (χ2v) is 17.4. The molecule has 5 rings (SSSR count). The van der Waals surface area contributed by atoms with E-state index in [9.17, 15) is 0 Å². The fourth-order valence-electron chi connectivity index (χ4n) is 11.9. The van der Waals surface area contributed by atoms with Crippen LogP contribution >= 0.6 is 0 Å². The average Bonchev–Trinajstić information content (AvgIpc) is 3.23. The Morgan fingerprint density at radius 3 is 2.27 bits per heavy atom. The number of ether oxygens (including phenoxy) is 2. The Balaban J connectivity index is 1.19. The molecular formula is C40H66N2O2. The van der Waals surface area contributed by atoms with Gasteiger partial charge in [0.15, 0.2) is 0 Å². The van der Waals surface area contributed by atoms with Gasteiger partial charge in [0, 0.05) is 5.69 Å². The smallest absolute Gasteiger partial charge is 0.142 e. The molecule has 4 nitrogen and oxygen atoms in total. The van der Waals surface area contributed by atoms with Gasteiger partial charge in [-0.25, -0.2) is 0 Å². The van der Waals surface area contributed by atoms with E-state index in [2.05, 4.69) is 61.5 Å². The highest BCUT2D eigenvalue weighted by atomic mass is 16.5. The van der Waals surface area contributed by atoms with E-state index in [1.807, 2.05) is 18.2 Å². The number of nitrogens with two attached hydrogens (primary N) is 2. The minimum Gasteiger partial charge on any atom is -0.487 e. The summed E-state index contributed by atoms with van der Waals surface area (Å²) in [5.41, 5.74) is 14.7. The van der Waals surface area contributed by atoms with Gasteiger partial charge in [-0.1, -0.05) is 80.7 Å². The third kappa shape index (κ3) is 5.95. The maximum atomic E-state index is 6.63. The lowest BCUT2D eigenvalue weighted by Crippen LogP contribution is -2.61. The zero-order chi connectivity index (χ0) is 31.9. The quantitative estimate of drug-likeness (QED) is 0.194. The Labute approximate surface area is 270 Å². The van der Waals surface area contributed by atoms with E-state index in [0.29, 0.717) is 52.7 Å². The number of hydrogen-bond acceptors (Lipinski definition) is 4. The topological polar surface area (TPSA) is 70.5 Å². The van der Waals surface area contributed by atoms with Gasteiger partial charge in [-0.15, -0.1) is 0 Å². The van der Waals surface area contributed by atoms with Crippen LogP contribution in [0.15, 0.2) is 30.4 Å². The average molecular weight is 607 g/mol. The maximum Gasteiger partial charge on any atom is 0.142 e. The van der Waals surface area contributed by atoms with Crippen LogP contribution in [0, 0.1) is 57.2 Å². The minimum atomic E-state index is 0.186. The van der Waals surface area contributed by atoms with Crippen LogP contribution in [0.5, 0.6) is 5.75 Å². The van der Waals surface area contributed by atoms with Gasteiger partial charge in [0.1, 0.15) is 12.4 Å². The fraction of sp³-hybridized carbons (Fsp3) is 0.800. The molecule has 8 unspecified atom stereocenters. The number of benzene rings is 1. The third-order valence-corrected chi connectivity index (χ3v) is 14.5. The van der Waals surface area contributed by atoms with Gasteiger partial charge >= 0.3 is 0 Å². The van der Waals surface area contributed by atoms with Gasteiger partial charge in [-0.05, 0) is 133 Å². The van der Waals surface area contributed by atoms with Crippen molar-refractivity contribution >= 4 is 11.4 Å². The van der Waals surface area contributed by atoms with Crippen LogP contribution in [-0.4, -0.2) is 19.3 Å². The van der Waals surface area contributed by atoms with Gasteiger partial charge in [0.2, 0.25) is 0 Å². The zero-order valence-corrected chi connectivity index (χ0v) is 29.6. The summed E-state index contributed by atoms with van der Waals surface area (Å²) in [7, 11) is 0. The van der Waals surface area contributed by atoms with Crippen molar-refractivity contribution in [3.8, 4) is 5.75 Å². The molecule has 0 aliphatic heterocycles. The third-order valence-electron chi connectivity index (χ3n) is 14.5. The van der Waals surface area contributed by atoms with Crippen LogP contribution in [0.4, 0.5) is 11.4 Å². The fourth-order valence-corrected chi connectivity index (χ4v) is 11.9. The normalized spacial score (nSPS) is 38.7. The van der Waals surface area contributed by atoms with Crippen LogP contribution in [-0.2, 0) is 4.74 Å². The van der Waals surface area contributed by atoms with Crippen LogP contribution in [0.25, 0.3) is 0 Å². The second-order valence-electron chi connectivity index (χ2n) is 17.4. The first-order valence-electron chi connectivity index (χ1n) is 18.3. The Kier molecular flexibility index (Phi) is 9.83. The van der Waals surface area contributed by atoms with Crippen LogP contribution in [0.3, 0.4) is 0 Å². The number of anilines is 2. The highest BCUT2D eigenvalue weighted by molar-refractivity contribution is 5.60. The molecule has 4 heteroatoms. The Morgan fingerprint density at radius 2 is 1.55 bits per heavy atom. The molecule has 4 N–H and O–H groups in total. The summed E-state index contributed by atoms with van der Waals surface area (Å²) in [6.45, 7) is 21.7. The van der Waals surface area contributed by atoms with E-state index in [4.69, 9.17) is 20.9 Å². The van der Waals surface area contributed by atoms with Crippen molar-refractivity contribution < 1.29 is 9.47 Å². The molecule has 1 aromatic rings. The van der Waals surface area contributed by atoms with Crippen LogP contribution in [0.1, 0.15) is 126 Å². The van der Waals surface area contributed by atoms with Gasteiger partial charge < -0.3 is 20.9 Å². The molecule has 0 bridgehead atoms. The minimum absolute atomic E-state index is 0.186. The van der Waals surface area contributed by atoms with Crippen molar-refractivity contribution in [3.05, 3.63) is 30.4 Å². The van der Waals surface area contributed by atoms with Crippen molar-refractivity contribution in [2.75, 3.05) is 24.7 Å². The predicted molar refractivity (Wildman–Crippen MR) is 186 cm³/mol. The monoisotopic (exact) mass is 607 g/mol. The number of nitrogen functional groups attached to an aromatic ring is 2. The number of fused-ring (bicyclic) bond motifs is 5. The van der Waals surface area contributed by atoms with Crippen molar-refractivity contribution in [1.29, 1.82) is 0 Å². The summed E-state index contributed by atoms with van der Waals surface area (Å²) in [6, 6.07) is 5.39. The molecule has 0 amide bonds. The highest BCUT2D eigenvalue weighted by Gasteiger charge is 2.67. The number of rotatable bonds is 11. The molecule has 0 aromatic heterocycles. The zero-order valence-electron chi connectivity index (χ0n) is 29.6. The molecule has 4 aliphatic carbocycles. The van der Waals surface area contributed by atoms with E-state index in [1.165, 1.54) is 70.6 Å². The van der Waals surface area contributed by atoms with Crippen molar-refractivity contribution in [2.24, 2.45) is 57.2 Å². The van der Waals surface area contributed by atoms with Crippen LogP contribution < -0.4 is 16.2 Å². The van der Waals surface area contributed by atoms with E-state index >= 15 is 0 Å². The molecule has 0 radical (unpaired) electrons. The Hall–Kier alpha value is -1.68. The summed E-state index contributed by atoms with van der Waals surface area (Å²) >= 11 is 0. The lowest BCUT2D eigenvalue weighted by atomic mass is 9.38. The molecule has 248 valence electrons. The van der Waals surface area contributed by atoms with Gasteiger partial charge in [-0.2, -0.15) is 0 Å². The molecule has 4 fully saturated rings. The Morgan fingerprint density at radius 1 is 0.818 bits per heavy atom. The van der Waals surface area contributed by atoms with Gasteiger partial charge in [-0.3, -0.25) is 0 Å². The number of hydrogen-bond donors (Lipinski definition) is 2. The molecule has 0 spiro atoms. The van der Waals surface area contributed by atoms with E-state index in [1.54, 1.807) is 6.07 Å². The van der Waals surface area contributed by atoms with Gasteiger partial charge in [0.25, 0.3) is 0 Å². The molecule has 4 saturated carbocycles. The summed E-state index contributed by atoms with van der Waals surface area (Å²) < 4.78 is 12.5. The van der Waals surface area contributed by atoms with Crippen molar-refractivity contribution in [2.45, 2.75) is 132 Å². The van der Waals surface area contributed by atoms with Gasteiger partial charge in [0.05, 0.1) is 18.4 Å². The first kappa shape index (κ1) is 33.7. The summed E-state index contributed by atoms with van der Waals surface area (Å²) in [5.74, 6) is 5.78. The molecular weight excluding hydrogens is 540 g/mol. The summed E-state index contributed by atoms with van der Waals surface area (Å²) in [4.78, 5) is 0. The highest BCUT2D eigenvalue weighted by Crippen LogP contribution is 2.74. The van der Waals surface area contributed by atoms with Crippen molar-refractivity contribution in [3.63, 3.8) is 0 Å². The molecule has 9 atom stereocenters. The standard InChI is InChI=1S/C40H66N2O2/c1-27(2)12-11-13-28(3)30-18-22-40(8)32-15-17-35-37(4,5)36(20-21-38(35,6)31(32)19-23-39(30,40)7)44-25-10-9-24-43-34-16-14-29(41)26-33(34)42/h9-10,14,16,26-28,30-32,35-36H,11-13,15,17-25,41-42H2,1-8H3/b10-9+/t28?,30?,31?,32?,35?,36?,38?,39?,40-/m0/s1. The van der Waals surface area contributed by atoms with E-state index < -0.39 is 0 Å². The summed E-state index contributed by atoms with van der Waals surface area (Å²) in [6.07, 6.45) is 19.8.